The van der Waals surface area contributed by atoms with Crippen molar-refractivity contribution in [3.05, 3.63) is 24.6 Å². The quantitative estimate of drug-likeness (QED) is 0.333. The molecule has 0 bridgehead atoms. The van der Waals surface area contributed by atoms with Crippen LogP contribution in [0.4, 0.5) is 0 Å². The monoisotopic (exact) mass is 321 g/mol. The van der Waals surface area contributed by atoms with Gasteiger partial charge >= 0.3 is 0 Å². The molecule has 3 heteroatoms. The van der Waals surface area contributed by atoms with Crippen molar-refractivity contribution in [2.45, 2.75) is 90.1 Å². The molecule has 0 aliphatic carbocycles. The van der Waals surface area contributed by atoms with Gasteiger partial charge in [0, 0.05) is 25.5 Å². The molecule has 0 fully saturated rings. The zero-order valence-corrected chi connectivity index (χ0v) is 15.3. The van der Waals surface area contributed by atoms with Crippen LogP contribution in [-0.2, 0) is 0 Å². The highest BCUT2D eigenvalue weighted by Crippen LogP contribution is 2.13. The maximum Gasteiger partial charge on any atom is 0.0981 e. The molecule has 23 heavy (non-hydrogen) atoms. The summed E-state index contributed by atoms with van der Waals surface area (Å²) in [5.41, 5.74) is 5.63. The highest BCUT2D eigenvalue weighted by Gasteiger charge is 2.16. The number of hydrogen-bond donors (Lipinski definition) is 2. The second-order valence-corrected chi connectivity index (χ2v) is 6.69. The third-order valence-corrected chi connectivity index (χ3v) is 4.58. The predicted octanol–water partition coefficient (Wildman–Crippen LogP) is 4.90. The number of rotatable bonds is 15. The van der Waals surface area contributed by atoms with Crippen molar-refractivity contribution in [2.75, 3.05) is 13.1 Å². The highest BCUT2D eigenvalue weighted by molar-refractivity contribution is 4.94. The van der Waals surface area contributed by atoms with E-state index in [9.17, 15) is 0 Å². The average Bonchev–Trinajstić information content (AvgIpc) is 2.99. The van der Waals surface area contributed by atoms with Crippen molar-refractivity contribution < 1.29 is 0 Å². The summed E-state index contributed by atoms with van der Waals surface area (Å²) in [7, 11) is 0. The van der Waals surface area contributed by atoms with E-state index in [1.54, 1.807) is 0 Å². The molecule has 0 radical (unpaired) electrons. The molecule has 3 nitrogen and oxygen atoms in total. The van der Waals surface area contributed by atoms with Crippen LogP contribution in [0, 0.1) is 0 Å². The Bertz CT molecular complexity index is 312. The van der Waals surface area contributed by atoms with Crippen LogP contribution in [0.25, 0.3) is 0 Å². The summed E-state index contributed by atoms with van der Waals surface area (Å²) in [4.78, 5) is 2.32. The Hall–Kier alpha value is -0.960. The standard InChI is InChI=1S/C20H39N3/c1-2-3-4-5-6-7-8-9-10-11-12-13-14-15-20-22-17-19-23(20)18-16-21/h9-10,17,19-20,22H,2-8,11-16,18,21H2,1H3/b10-9+. The summed E-state index contributed by atoms with van der Waals surface area (Å²) in [6.45, 7) is 3.96. The third kappa shape index (κ3) is 10.4. The Kier molecular flexibility index (Phi) is 12.8. The lowest BCUT2D eigenvalue weighted by Crippen LogP contribution is -2.37. The molecule has 1 unspecified atom stereocenters. The van der Waals surface area contributed by atoms with Gasteiger partial charge in [-0.3, -0.25) is 0 Å². The number of allylic oxidation sites excluding steroid dienone is 2. The lowest BCUT2D eigenvalue weighted by molar-refractivity contribution is 0.264. The van der Waals surface area contributed by atoms with Gasteiger partial charge in [-0.2, -0.15) is 0 Å². The SMILES string of the molecule is CCCCCCCC/C=C/CCCCCC1NC=CN1CCN. The Morgan fingerprint density at radius 3 is 2.30 bits per heavy atom. The molecule has 0 saturated heterocycles. The van der Waals surface area contributed by atoms with Gasteiger partial charge < -0.3 is 16.0 Å². The molecule has 0 amide bonds. The van der Waals surface area contributed by atoms with E-state index in [2.05, 4.69) is 35.5 Å². The summed E-state index contributed by atoms with van der Waals surface area (Å²) in [5.74, 6) is 0. The number of nitrogens with zero attached hydrogens (tertiary/aromatic N) is 1. The Morgan fingerprint density at radius 2 is 1.61 bits per heavy atom. The normalized spacial score (nSPS) is 17.3. The molecule has 1 rings (SSSR count). The summed E-state index contributed by atoms with van der Waals surface area (Å²) in [5, 5.41) is 3.41. The Labute approximate surface area is 144 Å². The van der Waals surface area contributed by atoms with Crippen LogP contribution < -0.4 is 11.1 Å². The molecule has 134 valence electrons. The fourth-order valence-corrected chi connectivity index (χ4v) is 3.13. The molecule has 1 heterocycles. The summed E-state index contributed by atoms with van der Waals surface area (Å²) in [6.07, 6.45) is 25.5. The molecular weight excluding hydrogens is 282 g/mol. The van der Waals surface area contributed by atoms with Gasteiger partial charge in [-0.15, -0.1) is 0 Å². The zero-order chi connectivity index (χ0) is 16.6. The number of nitrogens with two attached hydrogens (primary N) is 1. The maximum atomic E-state index is 5.63. The molecule has 1 aliphatic heterocycles. The van der Waals surface area contributed by atoms with Gasteiger partial charge in [0.1, 0.15) is 0 Å². The maximum absolute atomic E-state index is 5.63. The molecule has 1 atom stereocenters. The highest BCUT2D eigenvalue weighted by atomic mass is 15.3. The smallest absolute Gasteiger partial charge is 0.0981 e. The molecule has 0 aromatic carbocycles. The molecule has 1 aliphatic rings. The summed E-state index contributed by atoms with van der Waals surface area (Å²) >= 11 is 0. The van der Waals surface area contributed by atoms with E-state index in [0.717, 1.165) is 13.1 Å². The van der Waals surface area contributed by atoms with Gasteiger partial charge in [0.2, 0.25) is 0 Å². The van der Waals surface area contributed by atoms with E-state index >= 15 is 0 Å². The van der Waals surface area contributed by atoms with Crippen LogP contribution in [0.3, 0.4) is 0 Å². The first-order chi connectivity index (χ1) is 11.4. The predicted molar refractivity (Wildman–Crippen MR) is 102 cm³/mol. The lowest BCUT2D eigenvalue weighted by atomic mass is 10.1. The lowest BCUT2D eigenvalue weighted by Gasteiger charge is -2.24. The third-order valence-electron chi connectivity index (χ3n) is 4.58. The van der Waals surface area contributed by atoms with Crippen LogP contribution in [0.5, 0.6) is 0 Å². The first-order valence-electron chi connectivity index (χ1n) is 9.92. The minimum atomic E-state index is 0.474. The number of unbranched alkanes of at least 4 members (excludes halogenated alkanes) is 9. The van der Waals surface area contributed by atoms with Crippen LogP contribution >= 0.6 is 0 Å². The fourth-order valence-electron chi connectivity index (χ4n) is 3.13. The van der Waals surface area contributed by atoms with Crippen molar-refractivity contribution >= 4 is 0 Å². The fraction of sp³-hybridized carbons (Fsp3) is 0.800. The first-order valence-corrected chi connectivity index (χ1v) is 9.92. The molecule has 0 aromatic heterocycles. The summed E-state index contributed by atoms with van der Waals surface area (Å²) < 4.78 is 0. The van der Waals surface area contributed by atoms with Gasteiger partial charge in [0.05, 0.1) is 6.17 Å². The second kappa shape index (κ2) is 14.6. The number of nitrogens with one attached hydrogen (secondary N) is 1. The van der Waals surface area contributed by atoms with Gasteiger partial charge in [0.15, 0.2) is 0 Å². The topological polar surface area (TPSA) is 41.3 Å². The Balaban J connectivity index is 1.85. The van der Waals surface area contributed by atoms with Crippen molar-refractivity contribution in [3.63, 3.8) is 0 Å². The molecule has 0 aromatic rings. The van der Waals surface area contributed by atoms with Gasteiger partial charge in [-0.1, -0.05) is 57.6 Å². The second-order valence-electron chi connectivity index (χ2n) is 6.69. The largest absolute Gasteiger partial charge is 0.370 e. The number of hydrogen-bond acceptors (Lipinski definition) is 3. The van der Waals surface area contributed by atoms with E-state index < -0.39 is 0 Å². The van der Waals surface area contributed by atoms with Crippen molar-refractivity contribution in [1.29, 1.82) is 0 Å². The summed E-state index contributed by atoms with van der Waals surface area (Å²) in [6, 6.07) is 0. The van der Waals surface area contributed by atoms with Crippen molar-refractivity contribution in [3.8, 4) is 0 Å². The zero-order valence-electron chi connectivity index (χ0n) is 15.3. The van der Waals surface area contributed by atoms with Crippen LogP contribution in [0.2, 0.25) is 0 Å². The first kappa shape index (κ1) is 20.1. The average molecular weight is 322 g/mol. The van der Waals surface area contributed by atoms with E-state index in [0.29, 0.717) is 6.17 Å². The van der Waals surface area contributed by atoms with Crippen LogP contribution in [-0.4, -0.2) is 24.2 Å². The molecule has 3 N–H and O–H groups in total. The van der Waals surface area contributed by atoms with Gasteiger partial charge in [0.25, 0.3) is 0 Å². The van der Waals surface area contributed by atoms with Crippen LogP contribution in [0.15, 0.2) is 24.6 Å². The van der Waals surface area contributed by atoms with E-state index in [4.69, 9.17) is 5.73 Å². The van der Waals surface area contributed by atoms with E-state index in [1.807, 2.05) is 6.20 Å². The van der Waals surface area contributed by atoms with E-state index in [1.165, 1.54) is 77.0 Å². The molecule has 0 saturated carbocycles. The Morgan fingerprint density at radius 1 is 0.957 bits per heavy atom. The van der Waals surface area contributed by atoms with Crippen molar-refractivity contribution in [2.24, 2.45) is 5.73 Å². The van der Waals surface area contributed by atoms with Crippen LogP contribution in [0.1, 0.15) is 84.0 Å². The van der Waals surface area contributed by atoms with Crippen molar-refractivity contribution in [1.82, 2.24) is 10.2 Å². The molecular formula is C20H39N3. The van der Waals surface area contributed by atoms with Gasteiger partial charge in [-0.25, -0.2) is 0 Å². The minimum Gasteiger partial charge on any atom is -0.370 e. The molecule has 0 spiro atoms. The minimum absolute atomic E-state index is 0.474. The van der Waals surface area contributed by atoms with Gasteiger partial charge in [-0.05, 0) is 38.5 Å². The van der Waals surface area contributed by atoms with E-state index in [-0.39, 0.29) is 0 Å².